The van der Waals surface area contributed by atoms with Gasteiger partial charge in [0.2, 0.25) is 0 Å². The van der Waals surface area contributed by atoms with E-state index in [9.17, 15) is 5.11 Å². The number of halogens is 1. The van der Waals surface area contributed by atoms with Crippen LogP contribution in [0.2, 0.25) is 4.34 Å². The van der Waals surface area contributed by atoms with Crippen molar-refractivity contribution < 1.29 is 5.11 Å². The smallest absolute Gasteiger partial charge is 0.0934 e. The van der Waals surface area contributed by atoms with Crippen LogP contribution in [0.5, 0.6) is 0 Å². The minimum Gasteiger partial charge on any atom is -0.389 e. The third-order valence-electron chi connectivity index (χ3n) is 2.63. The molecular weight excluding hydrogens is 230 g/mol. The summed E-state index contributed by atoms with van der Waals surface area (Å²) < 4.78 is 0.870. The second-order valence-corrected chi connectivity index (χ2v) is 6.48. The predicted octanol–water partition coefficient (Wildman–Crippen LogP) is 2.75. The summed E-state index contributed by atoms with van der Waals surface area (Å²) in [6.45, 7) is 4.25. The Hall–Kier alpha value is -0.0900. The average molecular weight is 246 g/mol. The summed E-state index contributed by atoms with van der Waals surface area (Å²) in [7, 11) is 0. The third kappa shape index (κ3) is 2.72. The van der Waals surface area contributed by atoms with Crippen LogP contribution in [0.4, 0.5) is 0 Å². The quantitative estimate of drug-likeness (QED) is 0.858. The average Bonchev–Trinajstić information content (AvgIpc) is 2.58. The van der Waals surface area contributed by atoms with E-state index in [1.54, 1.807) is 11.3 Å². The van der Waals surface area contributed by atoms with Gasteiger partial charge in [0.05, 0.1) is 9.94 Å². The van der Waals surface area contributed by atoms with Gasteiger partial charge in [-0.05, 0) is 38.3 Å². The Labute approximate surface area is 99.3 Å². The first-order valence-electron chi connectivity index (χ1n) is 5.19. The van der Waals surface area contributed by atoms with Gasteiger partial charge in [0, 0.05) is 17.5 Å². The van der Waals surface area contributed by atoms with Crippen molar-refractivity contribution in [2.75, 3.05) is 6.54 Å². The molecule has 1 atom stereocenters. The molecule has 1 aromatic rings. The van der Waals surface area contributed by atoms with Crippen LogP contribution in [0, 0.1) is 0 Å². The minimum atomic E-state index is -0.650. The highest BCUT2D eigenvalue weighted by molar-refractivity contribution is 7.16. The summed E-state index contributed by atoms with van der Waals surface area (Å²) in [6.07, 6.45) is 2.23. The first-order valence-corrected chi connectivity index (χ1v) is 6.39. The molecule has 0 radical (unpaired) electrons. The van der Waals surface area contributed by atoms with Crippen LogP contribution >= 0.6 is 22.9 Å². The molecule has 1 aromatic heterocycles. The molecule has 2 nitrogen and oxygen atoms in total. The largest absolute Gasteiger partial charge is 0.389 e. The van der Waals surface area contributed by atoms with Gasteiger partial charge in [-0.2, -0.15) is 0 Å². The maximum atomic E-state index is 9.65. The molecule has 4 heteroatoms. The van der Waals surface area contributed by atoms with Gasteiger partial charge >= 0.3 is 0 Å². The molecule has 0 bridgehead atoms. The Balaban J connectivity index is 2.01. The van der Waals surface area contributed by atoms with Crippen molar-refractivity contribution >= 4 is 22.9 Å². The first kappa shape index (κ1) is 11.4. The summed E-state index contributed by atoms with van der Waals surface area (Å²) in [5.41, 5.74) is 0.678. The highest BCUT2D eigenvalue weighted by Gasteiger charge is 2.26. The highest BCUT2D eigenvalue weighted by Crippen LogP contribution is 2.39. The highest BCUT2D eigenvalue weighted by atomic mass is 35.5. The van der Waals surface area contributed by atoms with Crippen molar-refractivity contribution in [3.63, 3.8) is 0 Å². The molecule has 0 saturated heterocycles. The first-order chi connectivity index (χ1) is 6.96. The molecular formula is C11H16ClNOS. The number of thiophene rings is 1. The van der Waals surface area contributed by atoms with Crippen molar-refractivity contribution in [3.8, 4) is 0 Å². The number of aliphatic hydroxyl groups is 1. The van der Waals surface area contributed by atoms with Gasteiger partial charge < -0.3 is 10.4 Å². The molecule has 1 unspecified atom stereocenters. The van der Waals surface area contributed by atoms with Gasteiger partial charge in [0.15, 0.2) is 0 Å². The van der Waals surface area contributed by atoms with Crippen LogP contribution in [0.3, 0.4) is 0 Å². The normalized spacial score (nSPS) is 20.7. The van der Waals surface area contributed by atoms with Gasteiger partial charge in [0.1, 0.15) is 0 Å². The van der Waals surface area contributed by atoms with E-state index in [2.05, 4.69) is 11.4 Å². The van der Waals surface area contributed by atoms with E-state index in [4.69, 9.17) is 11.6 Å². The molecule has 1 aliphatic rings. The molecule has 2 rings (SSSR count). The lowest BCUT2D eigenvalue weighted by Gasteiger charge is -2.21. The van der Waals surface area contributed by atoms with Crippen LogP contribution in [0.25, 0.3) is 0 Å². The minimum absolute atomic E-state index is 0.371. The number of aryl methyl sites for hydroxylation is 1. The van der Waals surface area contributed by atoms with Gasteiger partial charge in [-0.15, -0.1) is 11.3 Å². The molecule has 1 heterocycles. The Kier molecular flexibility index (Phi) is 3.08. The SMILES string of the molecule is CC(C)(O)CNC1CCc2sc(Cl)cc21. The molecule has 1 aliphatic carbocycles. The van der Waals surface area contributed by atoms with Crippen LogP contribution in [0.1, 0.15) is 36.8 Å². The van der Waals surface area contributed by atoms with Crippen molar-refractivity contribution in [1.82, 2.24) is 5.32 Å². The van der Waals surface area contributed by atoms with E-state index in [1.165, 1.54) is 10.4 Å². The van der Waals surface area contributed by atoms with E-state index >= 15 is 0 Å². The Morgan fingerprint density at radius 2 is 2.40 bits per heavy atom. The Bertz CT molecular complexity index is 356. The summed E-state index contributed by atoms with van der Waals surface area (Å²) in [5, 5.41) is 13.0. The fourth-order valence-electron chi connectivity index (χ4n) is 1.92. The zero-order valence-corrected chi connectivity index (χ0v) is 10.6. The van der Waals surface area contributed by atoms with Gasteiger partial charge in [0.25, 0.3) is 0 Å². The maximum absolute atomic E-state index is 9.65. The number of hydrogen-bond acceptors (Lipinski definition) is 3. The van der Waals surface area contributed by atoms with Gasteiger partial charge in [-0.25, -0.2) is 0 Å². The standard InChI is InChI=1S/C11H16ClNOS/c1-11(2,14)6-13-8-3-4-9-7(8)5-10(12)15-9/h5,8,13-14H,3-4,6H2,1-2H3. The predicted molar refractivity (Wildman–Crippen MR) is 64.7 cm³/mol. The van der Waals surface area contributed by atoms with Gasteiger partial charge in [-0.3, -0.25) is 0 Å². The maximum Gasteiger partial charge on any atom is 0.0934 e. The fraction of sp³-hybridized carbons (Fsp3) is 0.636. The zero-order chi connectivity index (χ0) is 11.1. The monoisotopic (exact) mass is 245 g/mol. The summed E-state index contributed by atoms with van der Waals surface area (Å²) in [5.74, 6) is 0. The number of hydrogen-bond donors (Lipinski definition) is 2. The molecule has 84 valence electrons. The second kappa shape index (κ2) is 4.06. The Morgan fingerprint density at radius 1 is 1.67 bits per heavy atom. The molecule has 15 heavy (non-hydrogen) atoms. The fourth-order valence-corrected chi connectivity index (χ4v) is 3.27. The molecule has 0 fully saturated rings. The molecule has 0 aromatic carbocycles. The van der Waals surface area contributed by atoms with Crippen LogP contribution in [-0.2, 0) is 6.42 Å². The number of fused-ring (bicyclic) bond motifs is 1. The van der Waals surface area contributed by atoms with E-state index in [1.807, 2.05) is 13.8 Å². The summed E-state index contributed by atoms with van der Waals surface area (Å²) in [6, 6.07) is 2.42. The third-order valence-corrected chi connectivity index (χ3v) is 3.97. The van der Waals surface area contributed by atoms with E-state index in [0.717, 1.165) is 17.2 Å². The van der Waals surface area contributed by atoms with Crippen molar-refractivity contribution in [3.05, 3.63) is 20.8 Å². The topological polar surface area (TPSA) is 32.3 Å². The number of rotatable bonds is 3. The lowest BCUT2D eigenvalue weighted by molar-refractivity contribution is 0.0764. The molecule has 0 amide bonds. The lowest BCUT2D eigenvalue weighted by Crippen LogP contribution is -2.36. The molecule has 0 aliphatic heterocycles. The van der Waals surface area contributed by atoms with Crippen molar-refractivity contribution in [2.45, 2.75) is 38.3 Å². The van der Waals surface area contributed by atoms with E-state index in [0.29, 0.717) is 12.6 Å². The van der Waals surface area contributed by atoms with Crippen LogP contribution < -0.4 is 5.32 Å². The molecule has 0 saturated carbocycles. The summed E-state index contributed by atoms with van der Waals surface area (Å²) in [4.78, 5) is 1.40. The van der Waals surface area contributed by atoms with Gasteiger partial charge in [-0.1, -0.05) is 11.6 Å². The van der Waals surface area contributed by atoms with Crippen molar-refractivity contribution in [2.24, 2.45) is 0 Å². The molecule has 2 N–H and O–H groups in total. The van der Waals surface area contributed by atoms with Crippen LogP contribution in [-0.4, -0.2) is 17.3 Å². The zero-order valence-electron chi connectivity index (χ0n) is 9.01. The van der Waals surface area contributed by atoms with E-state index in [-0.39, 0.29) is 0 Å². The summed E-state index contributed by atoms with van der Waals surface area (Å²) >= 11 is 7.65. The lowest BCUT2D eigenvalue weighted by atomic mass is 10.1. The second-order valence-electron chi connectivity index (χ2n) is 4.71. The Morgan fingerprint density at radius 3 is 3.07 bits per heavy atom. The molecule has 0 spiro atoms. The number of nitrogens with one attached hydrogen (secondary N) is 1. The van der Waals surface area contributed by atoms with Crippen molar-refractivity contribution in [1.29, 1.82) is 0 Å². The van der Waals surface area contributed by atoms with Crippen LogP contribution in [0.15, 0.2) is 6.07 Å². The van der Waals surface area contributed by atoms with E-state index < -0.39 is 5.60 Å².